The molecule has 0 unspecified atom stereocenters. The normalized spacial score (nSPS) is 10.6. The zero-order valence-corrected chi connectivity index (χ0v) is 10.5. The zero-order chi connectivity index (χ0) is 12.8. The summed E-state index contributed by atoms with van der Waals surface area (Å²) in [7, 11) is 0. The summed E-state index contributed by atoms with van der Waals surface area (Å²) in [6.07, 6.45) is 4.58. The van der Waals surface area contributed by atoms with Crippen LogP contribution in [0.25, 0.3) is 0 Å². The second-order valence-electron chi connectivity index (χ2n) is 4.37. The van der Waals surface area contributed by atoms with E-state index >= 15 is 0 Å². The van der Waals surface area contributed by atoms with Gasteiger partial charge in [0.1, 0.15) is 5.82 Å². The molecule has 3 heteroatoms. The number of halogens is 1. The Bertz CT molecular complexity index is 497. The molecule has 1 aromatic carbocycles. The van der Waals surface area contributed by atoms with Crippen LogP contribution >= 0.6 is 0 Å². The van der Waals surface area contributed by atoms with Gasteiger partial charge < -0.3 is 5.32 Å². The zero-order valence-electron chi connectivity index (χ0n) is 10.5. The molecular weight excluding hydrogens is 227 g/mol. The average Bonchev–Trinajstić information content (AvgIpc) is 2.40. The predicted octanol–water partition coefficient (Wildman–Crippen LogP) is 2.86. The third-order valence-electron chi connectivity index (χ3n) is 2.89. The van der Waals surface area contributed by atoms with Gasteiger partial charge in [-0.3, -0.25) is 4.98 Å². The van der Waals surface area contributed by atoms with Crippen molar-refractivity contribution in [3.05, 3.63) is 65.2 Å². The third-order valence-corrected chi connectivity index (χ3v) is 2.89. The summed E-state index contributed by atoms with van der Waals surface area (Å²) < 4.78 is 13.1. The van der Waals surface area contributed by atoms with Crippen LogP contribution in [0.2, 0.25) is 0 Å². The lowest BCUT2D eigenvalue weighted by atomic mass is 10.1. The molecular formula is C15H17FN2. The summed E-state index contributed by atoms with van der Waals surface area (Å²) in [5, 5.41) is 3.35. The highest BCUT2D eigenvalue weighted by Gasteiger charge is 1.98. The smallest absolute Gasteiger partial charge is 0.126 e. The fourth-order valence-corrected chi connectivity index (χ4v) is 1.83. The largest absolute Gasteiger partial charge is 0.312 e. The number of rotatable bonds is 5. The summed E-state index contributed by atoms with van der Waals surface area (Å²) >= 11 is 0. The summed E-state index contributed by atoms with van der Waals surface area (Å²) in [4.78, 5) is 3.98. The average molecular weight is 244 g/mol. The molecule has 0 aliphatic heterocycles. The van der Waals surface area contributed by atoms with Crippen molar-refractivity contribution in [2.45, 2.75) is 19.9 Å². The highest BCUT2D eigenvalue weighted by atomic mass is 19.1. The maximum atomic E-state index is 13.1. The second kappa shape index (κ2) is 6.26. The van der Waals surface area contributed by atoms with Crippen molar-refractivity contribution in [1.82, 2.24) is 10.3 Å². The number of pyridine rings is 1. The predicted molar refractivity (Wildman–Crippen MR) is 70.8 cm³/mol. The van der Waals surface area contributed by atoms with Crippen LogP contribution < -0.4 is 5.32 Å². The van der Waals surface area contributed by atoms with Gasteiger partial charge in [-0.2, -0.15) is 0 Å². The molecule has 0 radical (unpaired) electrons. The number of nitrogens with one attached hydrogen (secondary N) is 1. The van der Waals surface area contributed by atoms with Crippen LogP contribution in [0.5, 0.6) is 0 Å². The van der Waals surface area contributed by atoms with Crippen molar-refractivity contribution >= 4 is 0 Å². The quantitative estimate of drug-likeness (QED) is 0.818. The van der Waals surface area contributed by atoms with Gasteiger partial charge in [0.15, 0.2) is 0 Å². The van der Waals surface area contributed by atoms with Crippen molar-refractivity contribution in [2.24, 2.45) is 0 Å². The van der Waals surface area contributed by atoms with Crippen LogP contribution in [0.1, 0.15) is 16.7 Å². The Morgan fingerprint density at radius 2 is 1.89 bits per heavy atom. The number of hydrogen-bond acceptors (Lipinski definition) is 2. The molecule has 0 spiro atoms. The van der Waals surface area contributed by atoms with E-state index in [0.717, 1.165) is 25.1 Å². The first kappa shape index (κ1) is 12.7. The van der Waals surface area contributed by atoms with Crippen molar-refractivity contribution < 1.29 is 4.39 Å². The molecule has 18 heavy (non-hydrogen) atoms. The maximum absolute atomic E-state index is 13.1. The Balaban J connectivity index is 1.77. The van der Waals surface area contributed by atoms with Crippen molar-refractivity contribution in [2.75, 3.05) is 6.54 Å². The summed E-state index contributed by atoms with van der Waals surface area (Å²) in [6, 6.07) is 9.26. The van der Waals surface area contributed by atoms with Crippen molar-refractivity contribution in [3.8, 4) is 0 Å². The molecule has 0 aliphatic carbocycles. The van der Waals surface area contributed by atoms with Gasteiger partial charge >= 0.3 is 0 Å². The molecule has 0 saturated heterocycles. The van der Waals surface area contributed by atoms with Crippen LogP contribution in [0.15, 0.2) is 42.7 Å². The monoisotopic (exact) mass is 244 g/mol. The Morgan fingerprint density at radius 3 is 2.61 bits per heavy atom. The molecule has 0 saturated carbocycles. The van der Waals surface area contributed by atoms with Crippen LogP contribution in [-0.2, 0) is 13.0 Å². The van der Waals surface area contributed by atoms with Gasteiger partial charge in [-0.15, -0.1) is 0 Å². The molecule has 0 atom stereocenters. The van der Waals surface area contributed by atoms with E-state index in [1.807, 2.05) is 24.3 Å². The molecule has 2 rings (SSSR count). The van der Waals surface area contributed by atoms with Gasteiger partial charge in [0.05, 0.1) is 0 Å². The number of aryl methyl sites for hydroxylation is 1. The van der Waals surface area contributed by atoms with Gasteiger partial charge in [-0.1, -0.05) is 12.1 Å². The van der Waals surface area contributed by atoms with E-state index in [-0.39, 0.29) is 5.82 Å². The number of aromatic nitrogens is 1. The number of benzene rings is 1. The van der Waals surface area contributed by atoms with E-state index in [1.54, 1.807) is 19.3 Å². The van der Waals surface area contributed by atoms with E-state index in [9.17, 15) is 4.39 Å². The minimum atomic E-state index is -0.143. The second-order valence-corrected chi connectivity index (χ2v) is 4.37. The highest BCUT2D eigenvalue weighted by molar-refractivity contribution is 5.23. The van der Waals surface area contributed by atoms with Gasteiger partial charge in [0.25, 0.3) is 0 Å². The SMILES string of the molecule is Cc1cc(CNCCc2ccncc2)ccc1F. The van der Waals surface area contributed by atoms with E-state index in [1.165, 1.54) is 11.6 Å². The molecule has 1 heterocycles. The molecule has 0 amide bonds. The van der Waals surface area contributed by atoms with Crippen LogP contribution in [0, 0.1) is 12.7 Å². The first-order valence-electron chi connectivity index (χ1n) is 6.10. The van der Waals surface area contributed by atoms with Gasteiger partial charge in [0, 0.05) is 18.9 Å². The summed E-state index contributed by atoms with van der Waals surface area (Å²) in [5.41, 5.74) is 3.08. The van der Waals surface area contributed by atoms with E-state index in [0.29, 0.717) is 5.56 Å². The van der Waals surface area contributed by atoms with Crippen molar-refractivity contribution in [3.63, 3.8) is 0 Å². The van der Waals surface area contributed by atoms with E-state index < -0.39 is 0 Å². The molecule has 1 aromatic heterocycles. The van der Waals surface area contributed by atoms with Crippen molar-refractivity contribution in [1.29, 1.82) is 0 Å². The third kappa shape index (κ3) is 3.64. The number of hydrogen-bond donors (Lipinski definition) is 1. The standard InChI is InChI=1S/C15H17FN2/c1-12-10-14(2-3-15(12)16)11-18-9-6-13-4-7-17-8-5-13/h2-5,7-8,10,18H,6,9,11H2,1H3. The van der Waals surface area contributed by atoms with E-state index in [2.05, 4.69) is 10.3 Å². The molecule has 2 aromatic rings. The first-order valence-corrected chi connectivity index (χ1v) is 6.10. The first-order chi connectivity index (χ1) is 8.75. The van der Waals surface area contributed by atoms with Crippen LogP contribution in [0.3, 0.4) is 0 Å². The minimum absolute atomic E-state index is 0.143. The number of nitrogens with zero attached hydrogens (tertiary/aromatic N) is 1. The lowest BCUT2D eigenvalue weighted by molar-refractivity contribution is 0.615. The fourth-order valence-electron chi connectivity index (χ4n) is 1.83. The fraction of sp³-hybridized carbons (Fsp3) is 0.267. The summed E-state index contributed by atoms with van der Waals surface area (Å²) in [5.74, 6) is -0.143. The Kier molecular flexibility index (Phi) is 4.42. The molecule has 0 fully saturated rings. The van der Waals surface area contributed by atoms with Crippen LogP contribution in [-0.4, -0.2) is 11.5 Å². The lowest BCUT2D eigenvalue weighted by Crippen LogP contribution is -2.16. The minimum Gasteiger partial charge on any atom is -0.312 e. The maximum Gasteiger partial charge on any atom is 0.126 e. The van der Waals surface area contributed by atoms with Crippen LogP contribution in [0.4, 0.5) is 4.39 Å². The van der Waals surface area contributed by atoms with Gasteiger partial charge in [-0.05, 0) is 54.8 Å². The highest BCUT2D eigenvalue weighted by Crippen LogP contribution is 2.08. The lowest BCUT2D eigenvalue weighted by Gasteiger charge is -2.06. The molecule has 2 nitrogen and oxygen atoms in total. The van der Waals surface area contributed by atoms with Gasteiger partial charge in [-0.25, -0.2) is 4.39 Å². The molecule has 0 aliphatic rings. The topological polar surface area (TPSA) is 24.9 Å². The Morgan fingerprint density at radius 1 is 1.11 bits per heavy atom. The molecule has 0 bridgehead atoms. The van der Waals surface area contributed by atoms with E-state index in [4.69, 9.17) is 0 Å². The summed E-state index contributed by atoms with van der Waals surface area (Å²) in [6.45, 7) is 3.46. The molecule has 94 valence electrons. The van der Waals surface area contributed by atoms with Gasteiger partial charge in [0.2, 0.25) is 0 Å². The Labute approximate surface area is 107 Å². The molecule has 1 N–H and O–H groups in total. The Hall–Kier alpha value is -1.74.